The minimum atomic E-state index is -0.415. The molecule has 0 saturated carbocycles. The highest BCUT2D eigenvalue weighted by atomic mass is 35.5. The molecule has 4 N–H and O–H groups in total. The highest BCUT2D eigenvalue weighted by Crippen LogP contribution is 2.42. The summed E-state index contributed by atoms with van der Waals surface area (Å²) >= 11 is 7.75. The zero-order valence-electron chi connectivity index (χ0n) is 20.0. The maximum atomic E-state index is 13.6. The Kier molecular flexibility index (Phi) is 6.62. The van der Waals surface area contributed by atoms with Gasteiger partial charge in [-0.25, -0.2) is 4.57 Å². The quantitative estimate of drug-likeness (QED) is 0.451. The van der Waals surface area contributed by atoms with Gasteiger partial charge in [-0.2, -0.15) is 10.1 Å². The first kappa shape index (κ1) is 24.9. The molecule has 2 atom stereocenters. The van der Waals surface area contributed by atoms with Crippen molar-refractivity contribution in [3.05, 3.63) is 33.7 Å². The molecule has 2 aromatic heterocycles. The molecule has 0 radical (unpaired) electrons. The standard InChI is InChI=1S/C23H28ClN7O4S/c1-13-19(25)23(10-35-13)5-7-30(8-6-23)22-27-20(26)18(21(33)31(22)11-34-12-32)36-16-4-3-15-14(17(16)24)9-29(2)28-15/h3-4,9,12-13,19H,5-8,10-11,25-26H2,1-2H3/t13-,19+/m0/s1. The van der Waals surface area contributed by atoms with Crippen molar-refractivity contribution in [3.8, 4) is 0 Å². The lowest BCUT2D eigenvalue weighted by Crippen LogP contribution is -2.51. The molecule has 2 aliphatic heterocycles. The summed E-state index contributed by atoms with van der Waals surface area (Å²) in [7, 11) is 1.81. The summed E-state index contributed by atoms with van der Waals surface area (Å²) in [4.78, 5) is 32.0. The maximum absolute atomic E-state index is 13.6. The van der Waals surface area contributed by atoms with E-state index in [1.807, 2.05) is 31.1 Å². The average Bonchev–Trinajstić information content (AvgIpc) is 3.38. The SMILES string of the molecule is C[C@@H]1OCC2(CCN(c3nc(N)c(Sc4ccc5nn(C)cc5c4Cl)c(=O)n3COC=O)CC2)[C@@H]1N. The minimum absolute atomic E-state index is 0.0125. The first-order valence-electron chi connectivity index (χ1n) is 11.6. The number of rotatable bonds is 6. The molecule has 2 fully saturated rings. The van der Waals surface area contributed by atoms with E-state index in [1.54, 1.807) is 10.7 Å². The summed E-state index contributed by atoms with van der Waals surface area (Å²) in [6.07, 6.45) is 3.41. The number of anilines is 2. The number of carbonyl (C=O) groups excluding carboxylic acids is 1. The van der Waals surface area contributed by atoms with E-state index in [-0.39, 0.29) is 35.0 Å². The molecule has 13 heteroatoms. The van der Waals surface area contributed by atoms with Crippen molar-refractivity contribution in [2.75, 3.05) is 30.3 Å². The predicted octanol–water partition coefficient (Wildman–Crippen LogP) is 1.98. The number of nitrogens with two attached hydrogens (primary N) is 2. The van der Waals surface area contributed by atoms with E-state index in [2.05, 4.69) is 10.1 Å². The number of carbonyl (C=O) groups is 1. The molecule has 2 saturated heterocycles. The summed E-state index contributed by atoms with van der Waals surface area (Å²) in [5.41, 5.74) is 13.0. The fourth-order valence-electron chi connectivity index (χ4n) is 5.07. The van der Waals surface area contributed by atoms with E-state index in [1.165, 1.54) is 4.57 Å². The van der Waals surface area contributed by atoms with Crippen LogP contribution in [0.1, 0.15) is 19.8 Å². The van der Waals surface area contributed by atoms with Gasteiger partial charge in [0.25, 0.3) is 12.0 Å². The topological polar surface area (TPSA) is 144 Å². The molecule has 5 rings (SSSR count). The largest absolute Gasteiger partial charge is 0.446 e. The number of aryl methyl sites for hydroxylation is 1. The number of hydrogen-bond donors (Lipinski definition) is 2. The third-order valence-corrected chi connectivity index (χ3v) is 8.88. The Bertz CT molecular complexity index is 1370. The fraction of sp³-hybridized carbons (Fsp3) is 0.478. The lowest BCUT2D eigenvalue weighted by atomic mass is 9.73. The number of nitrogens with zero attached hydrogens (tertiary/aromatic N) is 5. The van der Waals surface area contributed by atoms with Crippen LogP contribution in [-0.2, 0) is 28.0 Å². The Balaban J connectivity index is 1.47. The van der Waals surface area contributed by atoms with Gasteiger partial charge in [0.1, 0.15) is 10.7 Å². The first-order chi connectivity index (χ1) is 17.2. The number of halogens is 1. The molecule has 192 valence electrons. The minimum Gasteiger partial charge on any atom is -0.446 e. The van der Waals surface area contributed by atoms with Crippen molar-refractivity contribution in [2.45, 2.75) is 48.4 Å². The van der Waals surface area contributed by atoms with Crippen molar-refractivity contribution in [1.82, 2.24) is 19.3 Å². The van der Waals surface area contributed by atoms with E-state index < -0.39 is 5.56 Å². The van der Waals surface area contributed by atoms with Crippen molar-refractivity contribution in [1.29, 1.82) is 0 Å². The van der Waals surface area contributed by atoms with Crippen molar-refractivity contribution in [2.24, 2.45) is 18.2 Å². The molecule has 0 aliphatic carbocycles. The third kappa shape index (κ3) is 4.21. The van der Waals surface area contributed by atoms with Gasteiger partial charge in [0, 0.05) is 48.1 Å². The van der Waals surface area contributed by atoms with Crippen LogP contribution in [0.3, 0.4) is 0 Å². The van der Waals surface area contributed by atoms with Crippen LogP contribution in [0, 0.1) is 5.41 Å². The lowest BCUT2D eigenvalue weighted by Gasteiger charge is -2.41. The molecule has 11 nitrogen and oxygen atoms in total. The summed E-state index contributed by atoms with van der Waals surface area (Å²) in [6.45, 7) is 3.87. The van der Waals surface area contributed by atoms with Crippen LogP contribution in [0.25, 0.3) is 10.9 Å². The monoisotopic (exact) mass is 533 g/mol. The number of fused-ring (bicyclic) bond motifs is 1. The van der Waals surface area contributed by atoms with Gasteiger partial charge in [-0.15, -0.1) is 0 Å². The zero-order chi connectivity index (χ0) is 25.6. The first-order valence-corrected chi connectivity index (χ1v) is 12.8. The Hall–Kier alpha value is -2.80. The fourth-order valence-corrected chi connectivity index (χ4v) is 6.30. The van der Waals surface area contributed by atoms with Gasteiger partial charge in [0.2, 0.25) is 5.95 Å². The molecule has 0 unspecified atom stereocenters. The van der Waals surface area contributed by atoms with Gasteiger partial charge in [-0.1, -0.05) is 23.4 Å². The zero-order valence-corrected chi connectivity index (χ0v) is 21.6. The normalized spacial score (nSPS) is 21.4. The molecule has 4 heterocycles. The Labute approximate surface area is 216 Å². The van der Waals surface area contributed by atoms with Crippen molar-refractivity contribution < 1.29 is 14.3 Å². The van der Waals surface area contributed by atoms with Crippen LogP contribution < -0.4 is 21.9 Å². The molecular weight excluding hydrogens is 506 g/mol. The molecular formula is C23H28ClN7O4S. The maximum Gasteiger partial charge on any atom is 0.294 e. The lowest BCUT2D eigenvalue weighted by molar-refractivity contribution is -0.132. The molecule has 36 heavy (non-hydrogen) atoms. The number of benzene rings is 1. The third-order valence-electron chi connectivity index (χ3n) is 7.21. The molecule has 1 spiro atoms. The van der Waals surface area contributed by atoms with Crippen LogP contribution in [0.4, 0.5) is 11.8 Å². The Morgan fingerprint density at radius 1 is 1.36 bits per heavy atom. The van der Waals surface area contributed by atoms with Gasteiger partial charge < -0.3 is 25.8 Å². The average molecular weight is 534 g/mol. The van der Waals surface area contributed by atoms with Crippen molar-refractivity contribution >= 4 is 52.5 Å². The van der Waals surface area contributed by atoms with Gasteiger partial charge >= 0.3 is 0 Å². The molecule has 0 amide bonds. The Morgan fingerprint density at radius 2 is 2.11 bits per heavy atom. The number of piperidine rings is 1. The number of aromatic nitrogens is 4. The van der Waals surface area contributed by atoms with E-state index in [9.17, 15) is 9.59 Å². The van der Waals surface area contributed by atoms with E-state index in [4.69, 9.17) is 32.5 Å². The van der Waals surface area contributed by atoms with Crippen LogP contribution in [0.2, 0.25) is 5.02 Å². The van der Waals surface area contributed by atoms with Crippen LogP contribution >= 0.6 is 23.4 Å². The van der Waals surface area contributed by atoms with E-state index in [0.29, 0.717) is 42.0 Å². The highest BCUT2D eigenvalue weighted by molar-refractivity contribution is 7.99. The van der Waals surface area contributed by atoms with E-state index in [0.717, 1.165) is 35.5 Å². The smallest absolute Gasteiger partial charge is 0.294 e. The highest BCUT2D eigenvalue weighted by Gasteiger charge is 2.48. The van der Waals surface area contributed by atoms with Gasteiger partial charge in [-0.3, -0.25) is 14.3 Å². The van der Waals surface area contributed by atoms with Gasteiger partial charge in [0.05, 0.1) is 23.3 Å². The number of hydrogen-bond acceptors (Lipinski definition) is 10. The van der Waals surface area contributed by atoms with Crippen LogP contribution in [-0.4, -0.2) is 57.6 Å². The molecule has 0 bridgehead atoms. The second kappa shape index (κ2) is 9.58. The number of nitrogen functional groups attached to an aromatic ring is 1. The predicted molar refractivity (Wildman–Crippen MR) is 137 cm³/mol. The summed E-state index contributed by atoms with van der Waals surface area (Å²) in [5.74, 6) is 0.437. The molecule has 3 aromatic rings. The van der Waals surface area contributed by atoms with Gasteiger partial charge in [0.15, 0.2) is 6.73 Å². The summed E-state index contributed by atoms with van der Waals surface area (Å²) < 4.78 is 13.8. The number of ether oxygens (including phenoxy) is 2. The second-order valence-corrected chi connectivity index (χ2v) is 10.8. The van der Waals surface area contributed by atoms with Crippen LogP contribution in [0.15, 0.2) is 32.9 Å². The summed E-state index contributed by atoms with van der Waals surface area (Å²) in [6, 6.07) is 3.58. The summed E-state index contributed by atoms with van der Waals surface area (Å²) in [5, 5.41) is 5.59. The second-order valence-electron chi connectivity index (χ2n) is 9.36. The van der Waals surface area contributed by atoms with E-state index >= 15 is 0 Å². The van der Waals surface area contributed by atoms with Crippen molar-refractivity contribution in [3.63, 3.8) is 0 Å². The van der Waals surface area contributed by atoms with Gasteiger partial charge in [-0.05, 0) is 31.9 Å². The molecule has 1 aromatic carbocycles. The molecule has 2 aliphatic rings. The Morgan fingerprint density at radius 3 is 2.78 bits per heavy atom. The van der Waals surface area contributed by atoms with Crippen LogP contribution in [0.5, 0.6) is 0 Å².